The van der Waals surface area contributed by atoms with Crippen LogP contribution in [0.4, 0.5) is 10.1 Å². The average molecular weight is 401 g/mol. The molecule has 0 atom stereocenters. The molecule has 1 aliphatic carbocycles. The third-order valence-corrected chi connectivity index (χ3v) is 5.25. The van der Waals surface area contributed by atoms with Gasteiger partial charge in [0.25, 0.3) is 5.91 Å². The largest absolute Gasteiger partial charge is 0.455 e. The molecule has 0 bridgehead atoms. The highest BCUT2D eigenvalue weighted by Gasteiger charge is 2.44. The van der Waals surface area contributed by atoms with Gasteiger partial charge in [-0.2, -0.15) is 5.26 Å². The Balaban J connectivity index is 1.66. The molecule has 1 N–H and O–H groups in total. The summed E-state index contributed by atoms with van der Waals surface area (Å²) in [4.78, 5) is 24.9. The summed E-state index contributed by atoms with van der Waals surface area (Å²) < 4.78 is 18.9. The van der Waals surface area contributed by atoms with Crippen molar-refractivity contribution < 1.29 is 18.7 Å². The standard InChI is InChI=1S/C21H18ClFN2O3/c22-18-11-17(7-6-14(18)12-24)25-19(26)13-28-20(27)21(8-1-2-9-21)15-4-3-5-16(23)10-15/h3-7,10-11H,1-2,8-9,13H2,(H,25,26). The van der Waals surface area contributed by atoms with E-state index in [0.29, 0.717) is 29.7 Å². The number of halogens is 2. The number of nitrogens with zero attached hydrogens (tertiary/aromatic N) is 1. The molecule has 144 valence electrons. The SMILES string of the molecule is N#Cc1ccc(NC(=O)COC(=O)C2(c3cccc(F)c3)CCCC2)cc1Cl. The number of rotatable bonds is 5. The number of nitriles is 1. The van der Waals surface area contributed by atoms with Crippen molar-refractivity contribution in [2.24, 2.45) is 0 Å². The van der Waals surface area contributed by atoms with Crippen LogP contribution in [0.3, 0.4) is 0 Å². The molecule has 28 heavy (non-hydrogen) atoms. The fourth-order valence-electron chi connectivity index (χ4n) is 3.53. The van der Waals surface area contributed by atoms with Gasteiger partial charge in [0.15, 0.2) is 6.61 Å². The van der Waals surface area contributed by atoms with Gasteiger partial charge in [0.1, 0.15) is 11.9 Å². The number of anilines is 1. The van der Waals surface area contributed by atoms with Crippen LogP contribution in [0.25, 0.3) is 0 Å². The minimum atomic E-state index is -0.917. The molecule has 0 saturated heterocycles. The fourth-order valence-corrected chi connectivity index (χ4v) is 3.75. The van der Waals surface area contributed by atoms with Crippen LogP contribution in [0.15, 0.2) is 42.5 Å². The lowest BCUT2D eigenvalue weighted by Crippen LogP contribution is -2.36. The smallest absolute Gasteiger partial charge is 0.317 e. The normalized spacial score (nSPS) is 14.9. The summed E-state index contributed by atoms with van der Waals surface area (Å²) in [5, 5.41) is 11.7. The Kier molecular flexibility index (Phi) is 5.96. The van der Waals surface area contributed by atoms with Crippen molar-refractivity contribution in [1.82, 2.24) is 0 Å². The first-order chi connectivity index (χ1) is 13.4. The molecule has 7 heteroatoms. The molecule has 1 fully saturated rings. The number of carbonyl (C=O) groups excluding carboxylic acids is 2. The molecule has 0 radical (unpaired) electrons. The number of hydrogen-bond acceptors (Lipinski definition) is 4. The summed E-state index contributed by atoms with van der Waals surface area (Å²) in [6, 6.07) is 12.4. The predicted molar refractivity (Wildman–Crippen MR) is 102 cm³/mol. The van der Waals surface area contributed by atoms with Crippen LogP contribution in [0.2, 0.25) is 5.02 Å². The fraction of sp³-hybridized carbons (Fsp3) is 0.286. The van der Waals surface area contributed by atoms with Gasteiger partial charge in [-0.1, -0.05) is 36.6 Å². The number of amides is 1. The highest BCUT2D eigenvalue weighted by atomic mass is 35.5. The van der Waals surface area contributed by atoms with E-state index in [1.807, 2.05) is 6.07 Å². The Morgan fingerprint density at radius 2 is 1.96 bits per heavy atom. The Bertz CT molecular complexity index is 949. The first kappa shape index (κ1) is 19.8. The number of esters is 1. The van der Waals surface area contributed by atoms with Crippen molar-refractivity contribution in [2.75, 3.05) is 11.9 Å². The van der Waals surface area contributed by atoms with Gasteiger partial charge in [0, 0.05) is 5.69 Å². The van der Waals surface area contributed by atoms with E-state index in [1.165, 1.54) is 30.3 Å². The number of carbonyl (C=O) groups is 2. The maximum Gasteiger partial charge on any atom is 0.317 e. The lowest BCUT2D eigenvalue weighted by molar-refractivity contribution is -0.153. The highest BCUT2D eigenvalue weighted by Crippen LogP contribution is 2.42. The van der Waals surface area contributed by atoms with Gasteiger partial charge >= 0.3 is 5.97 Å². The molecule has 1 aliphatic rings. The summed E-state index contributed by atoms with van der Waals surface area (Å²) in [6.45, 7) is -0.465. The molecule has 5 nitrogen and oxygen atoms in total. The Morgan fingerprint density at radius 3 is 2.61 bits per heavy atom. The molecule has 0 aromatic heterocycles. The zero-order chi connectivity index (χ0) is 20.1. The van der Waals surface area contributed by atoms with Crippen molar-refractivity contribution in [3.05, 3.63) is 64.4 Å². The molecule has 2 aromatic carbocycles. The van der Waals surface area contributed by atoms with Crippen LogP contribution < -0.4 is 5.32 Å². The third kappa shape index (κ3) is 4.15. The van der Waals surface area contributed by atoms with Crippen molar-refractivity contribution in [3.63, 3.8) is 0 Å². The van der Waals surface area contributed by atoms with Gasteiger partial charge in [0.2, 0.25) is 0 Å². The van der Waals surface area contributed by atoms with E-state index in [9.17, 15) is 14.0 Å². The van der Waals surface area contributed by atoms with E-state index in [0.717, 1.165) is 12.8 Å². The number of benzene rings is 2. The van der Waals surface area contributed by atoms with Gasteiger partial charge in [-0.05, 0) is 48.7 Å². The minimum Gasteiger partial charge on any atom is -0.455 e. The molecule has 2 aromatic rings. The summed E-state index contributed by atoms with van der Waals surface area (Å²) in [5.41, 5.74) is 0.351. The van der Waals surface area contributed by atoms with E-state index >= 15 is 0 Å². The molecular formula is C21H18ClFN2O3. The van der Waals surface area contributed by atoms with Crippen molar-refractivity contribution >= 4 is 29.2 Å². The molecule has 0 heterocycles. The summed E-state index contributed by atoms with van der Waals surface area (Å²) >= 11 is 5.94. The number of nitrogens with one attached hydrogen (secondary N) is 1. The highest BCUT2D eigenvalue weighted by molar-refractivity contribution is 6.32. The zero-order valence-corrected chi connectivity index (χ0v) is 15.8. The van der Waals surface area contributed by atoms with Crippen LogP contribution in [0, 0.1) is 17.1 Å². The van der Waals surface area contributed by atoms with E-state index in [4.69, 9.17) is 21.6 Å². The molecule has 1 amide bonds. The van der Waals surface area contributed by atoms with Crippen molar-refractivity contribution in [2.45, 2.75) is 31.1 Å². The van der Waals surface area contributed by atoms with Crippen LogP contribution in [-0.2, 0) is 19.7 Å². The summed E-state index contributed by atoms with van der Waals surface area (Å²) in [7, 11) is 0. The molecule has 0 aliphatic heterocycles. The monoisotopic (exact) mass is 400 g/mol. The third-order valence-electron chi connectivity index (χ3n) is 4.93. The molecular weight excluding hydrogens is 383 g/mol. The van der Waals surface area contributed by atoms with E-state index < -0.39 is 29.7 Å². The Labute approximate surface area is 167 Å². The number of ether oxygens (including phenoxy) is 1. The van der Waals surface area contributed by atoms with Crippen molar-refractivity contribution in [1.29, 1.82) is 5.26 Å². The van der Waals surface area contributed by atoms with Crippen LogP contribution >= 0.6 is 11.6 Å². The maximum absolute atomic E-state index is 13.6. The van der Waals surface area contributed by atoms with E-state index in [1.54, 1.807) is 12.1 Å². The average Bonchev–Trinajstić information content (AvgIpc) is 3.17. The summed E-state index contributed by atoms with van der Waals surface area (Å²) in [5.74, 6) is -1.46. The summed E-state index contributed by atoms with van der Waals surface area (Å²) in [6.07, 6.45) is 2.79. The van der Waals surface area contributed by atoms with Crippen molar-refractivity contribution in [3.8, 4) is 6.07 Å². The minimum absolute atomic E-state index is 0.216. The second-order valence-electron chi connectivity index (χ2n) is 6.73. The lowest BCUT2D eigenvalue weighted by Gasteiger charge is -2.27. The lowest BCUT2D eigenvalue weighted by atomic mass is 9.79. The van der Waals surface area contributed by atoms with Gasteiger partial charge in [-0.15, -0.1) is 0 Å². The van der Waals surface area contributed by atoms with Crippen LogP contribution in [0.1, 0.15) is 36.8 Å². The van der Waals surface area contributed by atoms with Crippen LogP contribution in [-0.4, -0.2) is 18.5 Å². The van der Waals surface area contributed by atoms with Gasteiger partial charge in [0.05, 0.1) is 16.0 Å². The molecule has 3 rings (SSSR count). The topological polar surface area (TPSA) is 79.2 Å². The van der Waals surface area contributed by atoms with E-state index in [2.05, 4.69) is 5.32 Å². The van der Waals surface area contributed by atoms with Gasteiger partial charge in [-0.3, -0.25) is 9.59 Å². The van der Waals surface area contributed by atoms with Gasteiger partial charge in [-0.25, -0.2) is 4.39 Å². The number of hydrogen-bond donors (Lipinski definition) is 1. The second-order valence-corrected chi connectivity index (χ2v) is 7.14. The van der Waals surface area contributed by atoms with E-state index in [-0.39, 0.29) is 5.02 Å². The zero-order valence-electron chi connectivity index (χ0n) is 15.0. The first-order valence-corrected chi connectivity index (χ1v) is 9.25. The molecule has 1 saturated carbocycles. The predicted octanol–water partition coefficient (Wildman–Crippen LogP) is 4.34. The van der Waals surface area contributed by atoms with Gasteiger partial charge < -0.3 is 10.1 Å². The van der Waals surface area contributed by atoms with Crippen LogP contribution in [0.5, 0.6) is 0 Å². The first-order valence-electron chi connectivity index (χ1n) is 8.87. The molecule has 0 spiro atoms. The molecule has 0 unspecified atom stereocenters. The maximum atomic E-state index is 13.6. The second kappa shape index (κ2) is 8.41. The Hall–Kier alpha value is -2.91. The Morgan fingerprint density at radius 1 is 1.21 bits per heavy atom. The quantitative estimate of drug-likeness (QED) is 0.757.